The monoisotopic (exact) mass is 647 g/mol. The number of aromatic carboxylic acids is 1. The maximum Gasteiger partial charge on any atom is 0.335 e. The maximum atomic E-state index is 15.5. The van der Waals surface area contributed by atoms with Crippen molar-refractivity contribution in [3.63, 3.8) is 0 Å². The summed E-state index contributed by atoms with van der Waals surface area (Å²) >= 11 is 5.72. The molecule has 1 unspecified atom stereocenters. The van der Waals surface area contributed by atoms with Gasteiger partial charge in [0.15, 0.2) is 5.83 Å². The number of aromatic nitrogens is 1. The van der Waals surface area contributed by atoms with Crippen LogP contribution in [0, 0.1) is 17.5 Å². The van der Waals surface area contributed by atoms with Crippen LogP contribution in [0.15, 0.2) is 59.3 Å². The van der Waals surface area contributed by atoms with E-state index in [1.165, 1.54) is 25.3 Å². The molecule has 2 aromatic carbocycles. The highest BCUT2D eigenvalue weighted by molar-refractivity contribution is 6.30. The normalized spacial score (nSPS) is 17.7. The third-order valence-corrected chi connectivity index (χ3v) is 7.70. The topological polar surface area (TPSA) is 108 Å². The molecule has 2 atom stereocenters. The molecule has 238 valence electrons. The second-order valence-corrected chi connectivity index (χ2v) is 11.0. The van der Waals surface area contributed by atoms with Crippen LogP contribution >= 0.6 is 11.6 Å². The van der Waals surface area contributed by atoms with E-state index in [1.807, 2.05) is 4.90 Å². The van der Waals surface area contributed by atoms with Crippen molar-refractivity contribution in [1.29, 1.82) is 0 Å². The maximum absolute atomic E-state index is 15.5. The van der Waals surface area contributed by atoms with Gasteiger partial charge in [-0.2, -0.15) is 0 Å². The average molecular weight is 648 g/mol. The van der Waals surface area contributed by atoms with Crippen LogP contribution in [0.4, 0.5) is 28.9 Å². The first-order chi connectivity index (χ1) is 21.5. The van der Waals surface area contributed by atoms with Crippen LogP contribution in [0.5, 0.6) is 0 Å². The number of carboxylic acid groups (broad SMARTS) is 1. The van der Waals surface area contributed by atoms with Gasteiger partial charge in [0.1, 0.15) is 41.6 Å². The Kier molecular flexibility index (Phi) is 9.78. The van der Waals surface area contributed by atoms with E-state index >= 15 is 8.78 Å². The van der Waals surface area contributed by atoms with Gasteiger partial charge in [0.2, 0.25) is 5.88 Å². The molecule has 3 N–H and O–H groups in total. The lowest BCUT2D eigenvalue weighted by Gasteiger charge is -2.35. The quantitative estimate of drug-likeness (QED) is 0.211. The largest absolute Gasteiger partial charge is 0.478 e. The van der Waals surface area contributed by atoms with Gasteiger partial charge in [0.05, 0.1) is 33.6 Å². The minimum atomic E-state index is -1.09. The number of nitrogens with zero attached hydrogens (tertiary/aromatic N) is 3. The SMILES string of the molecule is CNc1ccc(C(=O)O)cc1N(CCc1cc(F)c(C2=NC(C)C(F)=C(OCc3ncc(Cl)cc3F)N2)cc1F)C[C@@H]1CCO1. The van der Waals surface area contributed by atoms with Gasteiger partial charge in [-0.15, -0.1) is 0 Å². The Labute approximate surface area is 261 Å². The number of amidine groups is 1. The third-order valence-electron chi connectivity index (χ3n) is 7.49. The van der Waals surface area contributed by atoms with Crippen LogP contribution in [0.3, 0.4) is 0 Å². The molecule has 0 spiro atoms. The van der Waals surface area contributed by atoms with Gasteiger partial charge in [-0.05, 0) is 61.7 Å². The zero-order valence-corrected chi connectivity index (χ0v) is 25.1. The van der Waals surface area contributed by atoms with Gasteiger partial charge >= 0.3 is 5.97 Å². The standard InChI is InChI=1S/C31H30ClF4N5O4/c1-16-28(36)30(45-15-26-24(35)11-19(32)13-38-26)40-29(39-16)21-12-22(33)17(9-23(21)34)5-7-41(14-20-6-8-44-20)27-10-18(31(42)43)3-4-25(27)37-2/h3-4,9-13,16,20,37H,5-8,14-15H2,1-2H3,(H,39,40)(H,42,43)/t16?,20-/m0/s1. The van der Waals surface area contributed by atoms with E-state index in [-0.39, 0.29) is 52.3 Å². The second kappa shape index (κ2) is 13.7. The molecule has 3 aromatic rings. The van der Waals surface area contributed by atoms with Crippen LogP contribution in [0.2, 0.25) is 5.02 Å². The first-order valence-electron chi connectivity index (χ1n) is 14.1. The summed E-state index contributed by atoms with van der Waals surface area (Å²) < 4.78 is 70.9. The zero-order valence-electron chi connectivity index (χ0n) is 24.3. The smallest absolute Gasteiger partial charge is 0.335 e. The van der Waals surface area contributed by atoms with Crippen LogP contribution in [-0.2, 0) is 22.5 Å². The third kappa shape index (κ3) is 7.31. The Morgan fingerprint density at radius 2 is 1.96 bits per heavy atom. The number of carboxylic acids is 1. The summed E-state index contributed by atoms with van der Waals surface area (Å²) in [5.74, 6) is -4.77. The second-order valence-electron chi connectivity index (χ2n) is 10.5. The van der Waals surface area contributed by atoms with Gasteiger partial charge in [-0.3, -0.25) is 9.98 Å². The molecule has 0 saturated carbocycles. The van der Waals surface area contributed by atoms with Gasteiger partial charge in [-0.1, -0.05) is 11.6 Å². The summed E-state index contributed by atoms with van der Waals surface area (Å²) in [6.07, 6.45) is 2.03. The first kappa shape index (κ1) is 32.0. The van der Waals surface area contributed by atoms with Crippen LogP contribution < -0.4 is 15.5 Å². The van der Waals surface area contributed by atoms with E-state index < -0.39 is 47.8 Å². The molecule has 2 aliphatic rings. The molecule has 0 radical (unpaired) electrons. The van der Waals surface area contributed by atoms with E-state index in [0.29, 0.717) is 24.5 Å². The number of halogens is 5. The van der Waals surface area contributed by atoms with Crippen molar-refractivity contribution in [3.05, 3.63) is 99.2 Å². The lowest BCUT2D eigenvalue weighted by molar-refractivity contribution is -0.0445. The number of aliphatic imine (C=N–C) groups is 1. The van der Waals surface area contributed by atoms with Crippen molar-refractivity contribution in [2.24, 2.45) is 4.99 Å². The Bertz CT molecular complexity index is 1670. The minimum Gasteiger partial charge on any atom is -0.478 e. The summed E-state index contributed by atoms with van der Waals surface area (Å²) in [4.78, 5) is 21.5. The Morgan fingerprint density at radius 1 is 1.18 bits per heavy atom. The molecule has 5 rings (SSSR count). The number of carbonyl (C=O) groups is 1. The van der Waals surface area contributed by atoms with Crippen molar-refractivity contribution in [2.75, 3.05) is 37.0 Å². The predicted molar refractivity (Wildman–Crippen MR) is 161 cm³/mol. The van der Waals surface area contributed by atoms with E-state index in [9.17, 15) is 18.7 Å². The Balaban J connectivity index is 1.33. The number of ether oxygens (including phenoxy) is 2. The van der Waals surface area contributed by atoms with Crippen LogP contribution in [-0.4, -0.2) is 60.8 Å². The fourth-order valence-electron chi connectivity index (χ4n) is 4.91. The number of benzene rings is 2. The summed E-state index contributed by atoms with van der Waals surface area (Å²) in [7, 11) is 1.71. The van der Waals surface area contributed by atoms with E-state index in [4.69, 9.17) is 21.1 Å². The first-order valence-corrected chi connectivity index (χ1v) is 14.5. The number of rotatable bonds is 12. The molecule has 1 aromatic heterocycles. The molecule has 9 nitrogen and oxygen atoms in total. The van der Waals surface area contributed by atoms with Gasteiger partial charge < -0.3 is 30.1 Å². The molecule has 1 saturated heterocycles. The molecule has 45 heavy (non-hydrogen) atoms. The average Bonchev–Trinajstić information content (AvgIpc) is 2.98. The molecular formula is C31H30ClF4N5O4. The molecule has 1 fully saturated rings. The van der Waals surface area contributed by atoms with Crippen molar-refractivity contribution in [2.45, 2.75) is 38.5 Å². The minimum absolute atomic E-state index is 0.0723. The summed E-state index contributed by atoms with van der Waals surface area (Å²) in [5.41, 5.74) is 1.04. The molecular weight excluding hydrogens is 618 g/mol. The van der Waals surface area contributed by atoms with Gasteiger partial charge in [-0.25, -0.2) is 22.4 Å². The Hall–Kier alpha value is -4.36. The van der Waals surface area contributed by atoms with E-state index in [1.54, 1.807) is 13.1 Å². The lowest BCUT2D eigenvalue weighted by Crippen LogP contribution is -2.41. The number of hydrogen-bond acceptors (Lipinski definition) is 8. The van der Waals surface area contributed by atoms with Crippen molar-refractivity contribution < 1.29 is 36.9 Å². The number of hydrogen-bond donors (Lipinski definition) is 3. The molecule has 0 amide bonds. The number of pyridine rings is 1. The highest BCUT2D eigenvalue weighted by Gasteiger charge is 2.28. The van der Waals surface area contributed by atoms with Crippen LogP contribution in [0.25, 0.3) is 0 Å². The van der Waals surface area contributed by atoms with Gasteiger partial charge in [0, 0.05) is 32.9 Å². The Morgan fingerprint density at radius 3 is 2.62 bits per heavy atom. The number of anilines is 2. The van der Waals surface area contributed by atoms with Crippen molar-refractivity contribution in [1.82, 2.24) is 10.3 Å². The lowest BCUT2D eigenvalue weighted by atomic mass is 10.0. The van der Waals surface area contributed by atoms with Crippen molar-refractivity contribution >= 4 is 34.8 Å². The highest BCUT2D eigenvalue weighted by Crippen LogP contribution is 2.30. The summed E-state index contributed by atoms with van der Waals surface area (Å²) in [6.45, 7) is 2.22. The molecule has 0 bridgehead atoms. The highest BCUT2D eigenvalue weighted by atomic mass is 35.5. The predicted octanol–water partition coefficient (Wildman–Crippen LogP) is 5.82. The number of nitrogens with one attached hydrogen (secondary N) is 2. The molecule has 3 heterocycles. The fourth-order valence-corrected chi connectivity index (χ4v) is 5.05. The fraction of sp³-hybridized carbons (Fsp3) is 0.323. The summed E-state index contributed by atoms with van der Waals surface area (Å²) in [5, 5.41) is 15.2. The van der Waals surface area contributed by atoms with E-state index in [2.05, 4.69) is 20.6 Å². The van der Waals surface area contributed by atoms with E-state index in [0.717, 1.165) is 24.6 Å². The van der Waals surface area contributed by atoms with Gasteiger partial charge in [0.25, 0.3) is 0 Å². The zero-order chi connectivity index (χ0) is 32.2. The molecule has 2 aliphatic heterocycles. The van der Waals surface area contributed by atoms with Crippen molar-refractivity contribution in [3.8, 4) is 0 Å². The molecule has 0 aliphatic carbocycles. The summed E-state index contributed by atoms with van der Waals surface area (Å²) in [6, 6.07) is 6.63. The molecule has 14 heteroatoms. The van der Waals surface area contributed by atoms with Crippen LogP contribution in [0.1, 0.15) is 40.5 Å².